The lowest BCUT2D eigenvalue weighted by Crippen LogP contribution is -2.43. The Bertz CT molecular complexity index is 758. The van der Waals surface area contributed by atoms with Crippen LogP contribution in [-0.4, -0.2) is 48.1 Å². The molecule has 6 nitrogen and oxygen atoms in total. The fraction of sp³-hybridized carbons (Fsp3) is 0.476. The molecule has 0 saturated carbocycles. The van der Waals surface area contributed by atoms with Gasteiger partial charge in [0.15, 0.2) is 0 Å². The molecule has 2 aromatic rings. The highest BCUT2D eigenvalue weighted by Crippen LogP contribution is 2.27. The first-order valence-corrected chi connectivity index (χ1v) is 9.93. The van der Waals surface area contributed by atoms with E-state index in [0.717, 1.165) is 63.2 Å². The number of carbonyl (C=O) groups is 1. The maximum atomic E-state index is 12.0. The molecule has 1 N–H and O–H groups in total. The van der Waals surface area contributed by atoms with Crippen molar-refractivity contribution in [1.29, 1.82) is 0 Å². The number of aromatic nitrogens is 2. The van der Waals surface area contributed by atoms with Crippen LogP contribution in [0.4, 0.5) is 11.4 Å². The van der Waals surface area contributed by atoms with Gasteiger partial charge in [0.25, 0.3) is 0 Å². The lowest BCUT2D eigenvalue weighted by molar-refractivity contribution is -0.117. The van der Waals surface area contributed by atoms with Gasteiger partial charge in [0.2, 0.25) is 5.91 Å². The molecule has 2 saturated heterocycles. The summed E-state index contributed by atoms with van der Waals surface area (Å²) < 4.78 is 0. The lowest BCUT2D eigenvalue weighted by Gasteiger charge is -2.34. The maximum Gasteiger partial charge on any atom is 0.227 e. The Labute approximate surface area is 160 Å². The first kappa shape index (κ1) is 17.9. The SMILES string of the molecule is O=C1CCCN1c1cccc(N2CCC(NCCc3cnccn3)CC2)c1. The van der Waals surface area contributed by atoms with Crippen molar-refractivity contribution in [2.45, 2.75) is 38.1 Å². The summed E-state index contributed by atoms with van der Waals surface area (Å²) in [7, 11) is 0. The molecule has 6 heteroatoms. The van der Waals surface area contributed by atoms with Crippen LogP contribution in [0.1, 0.15) is 31.4 Å². The first-order valence-electron chi connectivity index (χ1n) is 9.93. The lowest BCUT2D eigenvalue weighted by atomic mass is 10.0. The summed E-state index contributed by atoms with van der Waals surface area (Å²) in [5.41, 5.74) is 3.31. The number of nitrogens with zero attached hydrogens (tertiary/aromatic N) is 4. The Balaban J connectivity index is 1.27. The van der Waals surface area contributed by atoms with Crippen molar-refractivity contribution in [2.24, 2.45) is 0 Å². The summed E-state index contributed by atoms with van der Waals surface area (Å²) in [5.74, 6) is 0.248. The van der Waals surface area contributed by atoms with E-state index in [-0.39, 0.29) is 5.91 Å². The monoisotopic (exact) mass is 365 g/mol. The summed E-state index contributed by atoms with van der Waals surface area (Å²) in [6.07, 6.45) is 10.1. The van der Waals surface area contributed by atoms with E-state index in [0.29, 0.717) is 12.5 Å². The second-order valence-corrected chi connectivity index (χ2v) is 7.33. The molecule has 4 rings (SSSR count). The van der Waals surface area contributed by atoms with Crippen LogP contribution in [0, 0.1) is 0 Å². The smallest absolute Gasteiger partial charge is 0.227 e. The van der Waals surface area contributed by atoms with Gasteiger partial charge in [0, 0.05) is 75.0 Å². The predicted octanol–water partition coefficient (Wildman–Crippen LogP) is 2.40. The molecule has 1 aromatic carbocycles. The number of amides is 1. The molecule has 0 bridgehead atoms. The topological polar surface area (TPSA) is 61.4 Å². The quantitative estimate of drug-likeness (QED) is 0.852. The summed E-state index contributed by atoms with van der Waals surface area (Å²) in [6.45, 7) is 3.87. The highest BCUT2D eigenvalue weighted by molar-refractivity contribution is 5.95. The van der Waals surface area contributed by atoms with Gasteiger partial charge >= 0.3 is 0 Å². The van der Waals surface area contributed by atoms with Crippen molar-refractivity contribution in [1.82, 2.24) is 15.3 Å². The summed E-state index contributed by atoms with van der Waals surface area (Å²) in [4.78, 5) is 24.8. The van der Waals surface area contributed by atoms with Crippen molar-refractivity contribution in [3.63, 3.8) is 0 Å². The first-order chi connectivity index (χ1) is 13.3. The number of piperidine rings is 1. The molecule has 1 amide bonds. The summed E-state index contributed by atoms with van der Waals surface area (Å²) in [5, 5.41) is 3.66. The van der Waals surface area contributed by atoms with Crippen LogP contribution in [0.2, 0.25) is 0 Å². The number of benzene rings is 1. The van der Waals surface area contributed by atoms with E-state index in [1.54, 1.807) is 12.4 Å². The molecule has 27 heavy (non-hydrogen) atoms. The fourth-order valence-corrected chi connectivity index (χ4v) is 3.98. The number of carbonyl (C=O) groups excluding carboxylic acids is 1. The van der Waals surface area contributed by atoms with Crippen LogP contribution in [0.25, 0.3) is 0 Å². The van der Waals surface area contributed by atoms with Gasteiger partial charge in [-0.2, -0.15) is 0 Å². The minimum Gasteiger partial charge on any atom is -0.371 e. The van der Waals surface area contributed by atoms with E-state index in [1.807, 2.05) is 17.2 Å². The van der Waals surface area contributed by atoms with Crippen molar-refractivity contribution in [3.05, 3.63) is 48.5 Å². The van der Waals surface area contributed by atoms with Crippen LogP contribution in [0.15, 0.2) is 42.9 Å². The van der Waals surface area contributed by atoms with Gasteiger partial charge in [-0.05, 0) is 37.5 Å². The van der Waals surface area contributed by atoms with Crippen LogP contribution >= 0.6 is 0 Å². The van der Waals surface area contributed by atoms with E-state index in [1.165, 1.54) is 5.69 Å². The predicted molar refractivity (Wildman–Crippen MR) is 107 cm³/mol. The van der Waals surface area contributed by atoms with Gasteiger partial charge in [-0.25, -0.2) is 0 Å². The van der Waals surface area contributed by atoms with E-state index in [4.69, 9.17) is 0 Å². The molecule has 1 aromatic heterocycles. The van der Waals surface area contributed by atoms with Crippen molar-refractivity contribution >= 4 is 17.3 Å². The highest BCUT2D eigenvalue weighted by atomic mass is 16.2. The Hall–Kier alpha value is -2.47. The van der Waals surface area contributed by atoms with Gasteiger partial charge in [-0.3, -0.25) is 14.8 Å². The average molecular weight is 365 g/mol. The molecule has 142 valence electrons. The maximum absolute atomic E-state index is 12.0. The molecule has 0 radical (unpaired) electrons. The molecule has 0 atom stereocenters. The zero-order valence-electron chi connectivity index (χ0n) is 15.7. The molecule has 0 spiro atoms. The van der Waals surface area contributed by atoms with E-state index in [2.05, 4.69) is 38.4 Å². The zero-order chi connectivity index (χ0) is 18.5. The molecule has 3 heterocycles. The number of nitrogens with one attached hydrogen (secondary N) is 1. The van der Waals surface area contributed by atoms with E-state index >= 15 is 0 Å². The second-order valence-electron chi connectivity index (χ2n) is 7.33. The van der Waals surface area contributed by atoms with Gasteiger partial charge in [-0.1, -0.05) is 6.07 Å². The fourth-order valence-electron chi connectivity index (χ4n) is 3.98. The van der Waals surface area contributed by atoms with Crippen molar-refractivity contribution in [2.75, 3.05) is 36.0 Å². The highest BCUT2D eigenvalue weighted by Gasteiger charge is 2.23. The normalized spacial score (nSPS) is 18.3. The Morgan fingerprint density at radius 3 is 2.70 bits per heavy atom. The number of anilines is 2. The Morgan fingerprint density at radius 2 is 1.96 bits per heavy atom. The third kappa shape index (κ3) is 4.45. The van der Waals surface area contributed by atoms with Crippen LogP contribution in [0.5, 0.6) is 0 Å². The minimum atomic E-state index is 0.248. The number of rotatable bonds is 6. The Morgan fingerprint density at radius 1 is 1.11 bits per heavy atom. The largest absolute Gasteiger partial charge is 0.371 e. The standard InChI is InChI=1S/C21H27N5O/c27-21-5-2-12-26(21)20-4-1-3-19(15-20)25-13-7-17(8-14-25)23-9-6-18-16-22-10-11-24-18/h1,3-4,10-11,15-17,23H,2,5-9,12-14H2. The average Bonchev–Trinajstić information content (AvgIpc) is 3.15. The van der Waals surface area contributed by atoms with E-state index in [9.17, 15) is 4.79 Å². The van der Waals surface area contributed by atoms with Crippen LogP contribution in [0.3, 0.4) is 0 Å². The summed E-state index contributed by atoms with van der Waals surface area (Å²) in [6, 6.07) is 9.01. The number of hydrogen-bond acceptors (Lipinski definition) is 5. The van der Waals surface area contributed by atoms with Crippen molar-refractivity contribution < 1.29 is 4.79 Å². The molecule has 2 aliphatic heterocycles. The van der Waals surface area contributed by atoms with Gasteiger partial charge in [0.05, 0.1) is 5.69 Å². The third-order valence-corrected chi connectivity index (χ3v) is 5.51. The third-order valence-electron chi connectivity index (χ3n) is 5.51. The second kappa shape index (κ2) is 8.48. The molecular formula is C21H27N5O. The zero-order valence-corrected chi connectivity index (χ0v) is 15.7. The molecule has 0 unspecified atom stereocenters. The molecule has 2 aliphatic rings. The number of hydrogen-bond donors (Lipinski definition) is 1. The molecule has 0 aliphatic carbocycles. The van der Waals surface area contributed by atoms with Gasteiger partial charge in [0.1, 0.15) is 0 Å². The van der Waals surface area contributed by atoms with E-state index < -0.39 is 0 Å². The van der Waals surface area contributed by atoms with Gasteiger partial charge in [-0.15, -0.1) is 0 Å². The minimum absolute atomic E-state index is 0.248. The van der Waals surface area contributed by atoms with Crippen LogP contribution in [-0.2, 0) is 11.2 Å². The van der Waals surface area contributed by atoms with Gasteiger partial charge < -0.3 is 15.1 Å². The summed E-state index contributed by atoms with van der Waals surface area (Å²) >= 11 is 0. The van der Waals surface area contributed by atoms with Crippen LogP contribution < -0.4 is 15.1 Å². The van der Waals surface area contributed by atoms with Crippen molar-refractivity contribution in [3.8, 4) is 0 Å². The molecular weight excluding hydrogens is 338 g/mol. The Kier molecular flexibility index (Phi) is 5.63. The molecule has 2 fully saturated rings.